The molecule has 0 heterocycles. The van der Waals surface area contributed by atoms with E-state index in [0.29, 0.717) is 34.8 Å². The third kappa shape index (κ3) is 4.77. The predicted octanol–water partition coefficient (Wildman–Crippen LogP) is 1.75. The first-order valence-electron chi connectivity index (χ1n) is 8.25. The van der Waals surface area contributed by atoms with Gasteiger partial charge in [-0.3, -0.25) is 0 Å². The zero-order chi connectivity index (χ0) is 19.1. The van der Waals surface area contributed by atoms with E-state index in [1.807, 2.05) is 24.3 Å². The lowest BCUT2D eigenvalue weighted by atomic mass is 9.85. The highest BCUT2D eigenvalue weighted by Gasteiger charge is 2.16. The van der Waals surface area contributed by atoms with Gasteiger partial charge in [-0.25, -0.2) is 0 Å². The molecule has 8 N–H and O–H groups in total. The maximum absolute atomic E-state index is 5.26. The fourth-order valence-electron chi connectivity index (χ4n) is 2.88. The summed E-state index contributed by atoms with van der Waals surface area (Å²) >= 11 is 0. The maximum Gasteiger partial charge on any atom is 0.191 e. The summed E-state index contributed by atoms with van der Waals surface area (Å²) in [5, 5.41) is 0. The summed E-state index contributed by atoms with van der Waals surface area (Å²) in [4.78, 5) is 19.1. The second kappa shape index (κ2) is 9.25. The Labute approximate surface area is 152 Å². The van der Waals surface area contributed by atoms with Gasteiger partial charge in [-0.05, 0) is 60.1 Å². The van der Waals surface area contributed by atoms with Crippen LogP contribution in [0.15, 0.2) is 36.4 Å². The van der Waals surface area contributed by atoms with Crippen LogP contribution in [-0.4, -0.2) is 0 Å². The van der Waals surface area contributed by atoms with Gasteiger partial charge in [0, 0.05) is 0 Å². The average Bonchev–Trinajstić information content (AvgIpc) is 2.67. The third-order valence-electron chi connectivity index (χ3n) is 4.61. The fourth-order valence-corrected chi connectivity index (χ4v) is 2.88. The molecule has 2 rings (SSSR count). The van der Waals surface area contributed by atoms with E-state index in [1.54, 1.807) is 12.1 Å². The maximum atomic E-state index is 5.26. The van der Waals surface area contributed by atoms with Crippen LogP contribution in [0.5, 0.6) is 23.0 Å². The second-order valence-corrected chi connectivity index (χ2v) is 6.40. The molecule has 0 spiro atoms. The van der Waals surface area contributed by atoms with Crippen LogP contribution in [0.3, 0.4) is 0 Å². The summed E-state index contributed by atoms with van der Waals surface area (Å²) in [6.07, 6.45) is 1.71. The Hall–Kier alpha value is -2.52. The van der Waals surface area contributed by atoms with Crippen LogP contribution in [0.4, 0.5) is 0 Å². The molecule has 2 unspecified atom stereocenters. The number of nitrogens with two attached hydrogens (primary N) is 4. The molecule has 8 heteroatoms. The van der Waals surface area contributed by atoms with Gasteiger partial charge in [0.25, 0.3) is 0 Å². The molecule has 0 aliphatic carbocycles. The molecule has 142 valence electrons. The lowest BCUT2D eigenvalue weighted by Gasteiger charge is -2.21. The topological polar surface area (TPSA) is 141 Å². The summed E-state index contributed by atoms with van der Waals surface area (Å²) < 4.78 is 0. The van der Waals surface area contributed by atoms with Crippen molar-refractivity contribution in [1.82, 2.24) is 0 Å². The zero-order valence-corrected chi connectivity index (χ0v) is 15.0. The lowest BCUT2D eigenvalue weighted by molar-refractivity contribution is 0.279. The molecule has 26 heavy (non-hydrogen) atoms. The van der Waals surface area contributed by atoms with Crippen molar-refractivity contribution in [3.05, 3.63) is 47.5 Å². The van der Waals surface area contributed by atoms with Crippen molar-refractivity contribution in [3.63, 3.8) is 0 Å². The van der Waals surface area contributed by atoms with Gasteiger partial charge in [0.15, 0.2) is 23.0 Å². The molecule has 0 aromatic heterocycles. The Morgan fingerprint density at radius 3 is 1.27 bits per heavy atom. The molecule has 2 aromatic carbocycles. The number of hydrogen-bond donors (Lipinski definition) is 4. The van der Waals surface area contributed by atoms with Gasteiger partial charge in [0.05, 0.1) is 0 Å². The van der Waals surface area contributed by atoms with Gasteiger partial charge in [-0.15, -0.1) is 0 Å². The van der Waals surface area contributed by atoms with Crippen LogP contribution < -0.4 is 42.9 Å². The minimum absolute atomic E-state index is 0.397. The molecule has 8 nitrogen and oxygen atoms in total. The van der Waals surface area contributed by atoms with Gasteiger partial charge in [-0.2, -0.15) is 23.6 Å². The van der Waals surface area contributed by atoms with Gasteiger partial charge in [0.2, 0.25) is 0 Å². The second-order valence-electron chi connectivity index (χ2n) is 6.40. The quantitative estimate of drug-likeness (QED) is 0.494. The van der Waals surface area contributed by atoms with E-state index in [0.717, 1.165) is 24.0 Å². The summed E-state index contributed by atoms with van der Waals surface area (Å²) in [5.41, 5.74) is 2.17. The monoisotopic (exact) mass is 362 g/mol. The largest absolute Gasteiger partial charge is 0.407 e. The molecule has 0 fully saturated rings. The van der Waals surface area contributed by atoms with Crippen molar-refractivity contribution in [2.75, 3.05) is 0 Å². The summed E-state index contributed by atoms with van der Waals surface area (Å²) in [6.45, 7) is 4.39. The molecule has 0 radical (unpaired) electrons. The SMILES string of the molecule is CC(Cc1ccc(ON)c(ON)c1)C(C)Cc1ccc(ON)c(ON)c1. The Balaban J connectivity index is 2.04. The van der Waals surface area contributed by atoms with E-state index in [-0.39, 0.29) is 0 Å². The van der Waals surface area contributed by atoms with Gasteiger partial charge >= 0.3 is 0 Å². The summed E-state index contributed by atoms with van der Waals surface area (Å²) in [5.74, 6) is 23.3. The molecular weight excluding hydrogens is 336 g/mol. The molecule has 0 saturated carbocycles. The molecule has 0 aliphatic rings. The van der Waals surface area contributed by atoms with E-state index in [1.165, 1.54) is 0 Å². The van der Waals surface area contributed by atoms with Crippen LogP contribution >= 0.6 is 0 Å². The van der Waals surface area contributed by atoms with Gasteiger partial charge in [0.1, 0.15) is 0 Å². The van der Waals surface area contributed by atoms with Gasteiger partial charge in [-0.1, -0.05) is 26.0 Å². The highest BCUT2D eigenvalue weighted by molar-refractivity contribution is 5.43. The first kappa shape index (κ1) is 19.8. The Kier molecular flexibility index (Phi) is 7.05. The normalized spacial score (nSPS) is 13.0. The molecular formula is C18H26N4O4. The minimum Gasteiger partial charge on any atom is -0.407 e. The van der Waals surface area contributed by atoms with Crippen molar-refractivity contribution < 1.29 is 19.4 Å². The lowest BCUT2D eigenvalue weighted by Crippen LogP contribution is -2.15. The van der Waals surface area contributed by atoms with Crippen molar-refractivity contribution in [1.29, 1.82) is 0 Å². The molecule has 2 aromatic rings. The standard InChI is InChI=1S/C18H26N4O4/c1-11(7-13-3-5-15(23-19)17(9-13)25-21)12(2)8-14-4-6-16(24-20)18(10-14)26-22/h3-6,9-12H,7-8,19-22H2,1-2H3. The third-order valence-corrected chi connectivity index (χ3v) is 4.61. The summed E-state index contributed by atoms with van der Waals surface area (Å²) in [6, 6.07) is 11.0. The van der Waals surface area contributed by atoms with Gasteiger partial charge < -0.3 is 19.4 Å². The van der Waals surface area contributed by atoms with Crippen molar-refractivity contribution in [2.45, 2.75) is 26.7 Å². The van der Waals surface area contributed by atoms with E-state index in [9.17, 15) is 0 Å². The van der Waals surface area contributed by atoms with E-state index in [4.69, 9.17) is 42.9 Å². The van der Waals surface area contributed by atoms with E-state index < -0.39 is 0 Å². The first-order chi connectivity index (χ1) is 12.5. The van der Waals surface area contributed by atoms with E-state index >= 15 is 0 Å². The fraction of sp³-hybridized carbons (Fsp3) is 0.333. The Bertz CT molecular complexity index is 665. The average molecular weight is 362 g/mol. The first-order valence-corrected chi connectivity index (χ1v) is 8.25. The molecule has 0 amide bonds. The highest BCUT2D eigenvalue weighted by Crippen LogP contribution is 2.31. The number of rotatable bonds is 9. The van der Waals surface area contributed by atoms with Crippen LogP contribution in [0.1, 0.15) is 25.0 Å². The van der Waals surface area contributed by atoms with Crippen LogP contribution in [-0.2, 0) is 12.8 Å². The van der Waals surface area contributed by atoms with Crippen molar-refractivity contribution in [3.8, 4) is 23.0 Å². The zero-order valence-electron chi connectivity index (χ0n) is 15.0. The highest BCUT2D eigenvalue weighted by atomic mass is 16.7. The molecule has 0 aliphatic heterocycles. The number of benzene rings is 2. The summed E-state index contributed by atoms with van der Waals surface area (Å²) in [7, 11) is 0. The Morgan fingerprint density at radius 2 is 0.962 bits per heavy atom. The molecule has 0 saturated heterocycles. The minimum atomic E-state index is 0.397. The predicted molar refractivity (Wildman–Crippen MR) is 97.9 cm³/mol. The smallest absolute Gasteiger partial charge is 0.191 e. The van der Waals surface area contributed by atoms with Crippen molar-refractivity contribution in [2.24, 2.45) is 35.4 Å². The van der Waals surface area contributed by atoms with Crippen LogP contribution in [0, 0.1) is 11.8 Å². The molecule has 2 atom stereocenters. The van der Waals surface area contributed by atoms with Crippen molar-refractivity contribution >= 4 is 0 Å². The van der Waals surface area contributed by atoms with E-state index in [2.05, 4.69) is 13.8 Å². The van der Waals surface area contributed by atoms with Crippen LogP contribution in [0.2, 0.25) is 0 Å². The van der Waals surface area contributed by atoms with Crippen LogP contribution in [0.25, 0.3) is 0 Å². The Morgan fingerprint density at radius 1 is 0.615 bits per heavy atom. The molecule has 0 bridgehead atoms. The number of hydrogen-bond acceptors (Lipinski definition) is 8.